The fourth-order valence-corrected chi connectivity index (χ4v) is 1.67. The second-order valence-electron chi connectivity index (χ2n) is 3.59. The van der Waals surface area contributed by atoms with E-state index in [-0.39, 0.29) is 5.75 Å². The Hall–Kier alpha value is -0.830. The van der Waals surface area contributed by atoms with Crippen molar-refractivity contribution in [2.75, 3.05) is 12.9 Å². The molecule has 1 saturated carbocycles. The van der Waals surface area contributed by atoms with Crippen LogP contribution in [0.5, 0.6) is 11.5 Å². The molecule has 0 atom stereocenters. The Kier molecular flexibility index (Phi) is 2.87. The van der Waals surface area contributed by atoms with Gasteiger partial charge in [-0.15, -0.1) is 11.8 Å². The van der Waals surface area contributed by atoms with E-state index < -0.39 is 0 Å². The van der Waals surface area contributed by atoms with Gasteiger partial charge in [-0.25, -0.2) is 0 Å². The predicted octanol–water partition coefficient (Wildman–Crippen LogP) is 2.90. The minimum absolute atomic E-state index is 0.248. The van der Waals surface area contributed by atoms with E-state index in [9.17, 15) is 5.11 Å². The van der Waals surface area contributed by atoms with E-state index in [2.05, 4.69) is 0 Å². The highest BCUT2D eigenvalue weighted by molar-refractivity contribution is 7.98. The first-order chi connectivity index (χ1) is 6.79. The highest BCUT2D eigenvalue weighted by Crippen LogP contribution is 2.33. The monoisotopic (exact) mass is 210 g/mol. The molecule has 0 heterocycles. The van der Waals surface area contributed by atoms with Crippen molar-refractivity contribution in [3.63, 3.8) is 0 Å². The summed E-state index contributed by atoms with van der Waals surface area (Å²) in [5.74, 6) is 1.57. The summed E-state index contributed by atoms with van der Waals surface area (Å²) in [6.45, 7) is 0.742. The van der Waals surface area contributed by atoms with Gasteiger partial charge in [0.2, 0.25) is 0 Å². The zero-order valence-corrected chi connectivity index (χ0v) is 9.01. The fraction of sp³-hybridized carbons (Fsp3) is 0.455. The van der Waals surface area contributed by atoms with Crippen molar-refractivity contribution in [2.45, 2.75) is 17.7 Å². The largest absolute Gasteiger partial charge is 0.504 e. The Morgan fingerprint density at radius 3 is 2.86 bits per heavy atom. The van der Waals surface area contributed by atoms with E-state index in [1.54, 1.807) is 17.8 Å². The molecule has 0 amide bonds. The molecule has 3 heteroatoms. The van der Waals surface area contributed by atoms with Gasteiger partial charge in [-0.2, -0.15) is 0 Å². The molecule has 0 bridgehead atoms. The predicted molar refractivity (Wildman–Crippen MR) is 58.1 cm³/mol. The quantitative estimate of drug-likeness (QED) is 0.775. The second kappa shape index (κ2) is 4.13. The average Bonchev–Trinajstić information content (AvgIpc) is 2.99. The summed E-state index contributed by atoms with van der Waals surface area (Å²) in [5, 5.41) is 9.62. The summed E-state index contributed by atoms with van der Waals surface area (Å²) in [6.07, 6.45) is 4.52. The Balaban J connectivity index is 2.01. The van der Waals surface area contributed by atoms with Crippen molar-refractivity contribution in [3.8, 4) is 11.5 Å². The Bertz CT molecular complexity index is 321. The van der Waals surface area contributed by atoms with Gasteiger partial charge in [0, 0.05) is 4.90 Å². The van der Waals surface area contributed by atoms with Gasteiger partial charge < -0.3 is 9.84 Å². The van der Waals surface area contributed by atoms with E-state index in [1.165, 1.54) is 12.8 Å². The van der Waals surface area contributed by atoms with Crippen LogP contribution in [0.25, 0.3) is 0 Å². The van der Waals surface area contributed by atoms with E-state index in [4.69, 9.17) is 4.74 Å². The second-order valence-corrected chi connectivity index (χ2v) is 4.47. The molecule has 1 aromatic carbocycles. The van der Waals surface area contributed by atoms with Gasteiger partial charge in [0.15, 0.2) is 11.5 Å². The van der Waals surface area contributed by atoms with Gasteiger partial charge in [0.05, 0.1) is 6.61 Å². The van der Waals surface area contributed by atoms with Crippen LogP contribution in [0.15, 0.2) is 23.1 Å². The normalized spacial score (nSPS) is 15.5. The van der Waals surface area contributed by atoms with Crippen molar-refractivity contribution in [1.82, 2.24) is 0 Å². The summed E-state index contributed by atoms with van der Waals surface area (Å²) in [6, 6.07) is 5.54. The van der Waals surface area contributed by atoms with Crippen molar-refractivity contribution in [3.05, 3.63) is 18.2 Å². The summed E-state index contributed by atoms with van der Waals surface area (Å²) in [5.41, 5.74) is 0. The van der Waals surface area contributed by atoms with Crippen molar-refractivity contribution in [1.29, 1.82) is 0 Å². The first-order valence-electron chi connectivity index (χ1n) is 4.79. The third-order valence-corrected chi connectivity index (χ3v) is 3.06. The van der Waals surface area contributed by atoms with E-state index in [0.29, 0.717) is 5.75 Å². The highest BCUT2D eigenvalue weighted by Gasteiger charge is 2.22. The standard InChI is InChI=1S/C11H14O2S/c1-14-9-4-5-11(10(12)6-9)13-7-8-2-3-8/h4-6,8,12H,2-3,7H2,1H3. The molecule has 0 spiro atoms. The molecule has 76 valence electrons. The first-order valence-corrected chi connectivity index (χ1v) is 6.02. The van der Waals surface area contributed by atoms with Crippen molar-refractivity contribution in [2.24, 2.45) is 5.92 Å². The summed E-state index contributed by atoms with van der Waals surface area (Å²) in [4.78, 5) is 1.06. The van der Waals surface area contributed by atoms with Crippen LogP contribution in [0.4, 0.5) is 0 Å². The Morgan fingerprint density at radius 1 is 1.50 bits per heavy atom. The summed E-state index contributed by atoms with van der Waals surface area (Å²) >= 11 is 1.61. The maximum atomic E-state index is 9.62. The van der Waals surface area contributed by atoms with Gasteiger partial charge >= 0.3 is 0 Å². The zero-order chi connectivity index (χ0) is 9.97. The molecule has 1 aliphatic rings. The number of hydrogen-bond donors (Lipinski definition) is 1. The van der Waals surface area contributed by atoms with E-state index in [1.807, 2.05) is 18.4 Å². The lowest BCUT2D eigenvalue weighted by atomic mass is 10.3. The average molecular weight is 210 g/mol. The number of phenols is 1. The van der Waals surface area contributed by atoms with Gasteiger partial charge in [-0.1, -0.05) is 0 Å². The first kappa shape index (κ1) is 9.71. The van der Waals surface area contributed by atoms with Gasteiger partial charge in [-0.05, 0) is 43.2 Å². The summed E-state index contributed by atoms with van der Waals surface area (Å²) < 4.78 is 5.50. The van der Waals surface area contributed by atoms with Gasteiger partial charge in [0.25, 0.3) is 0 Å². The molecule has 1 N–H and O–H groups in total. The molecule has 2 nitrogen and oxygen atoms in total. The maximum Gasteiger partial charge on any atom is 0.160 e. The number of ether oxygens (including phenoxy) is 1. The molecule has 0 aromatic heterocycles. The maximum absolute atomic E-state index is 9.62. The number of phenolic OH excluding ortho intramolecular Hbond substituents is 1. The van der Waals surface area contributed by atoms with Crippen molar-refractivity contribution < 1.29 is 9.84 Å². The molecule has 2 rings (SSSR count). The van der Waals surface area contributed by atoms with Crippen LogP contribution in [-0.4, -0.2) is 18.0 Å². The smallest absolute Gasteiger partial charge is 0.160 e. The third-order valence-electron chi connectivity index (χ3n) is 2.34. The van der Waals surface area contributed by atoms with Crippen LogP contribution in [0.1, 0.15) is 12.8 Å². The molecule has 1 aromatic rings. The molecule has 1 fully saturated rings. The SMILES string of the molecule is CSc1ccc(OCC2CC2)c(O)c1. The van der Waals surface area contributed by atoms with Crippen LogP contribution in [0.2, 0.25) is 0 Å². The number of rotatable bonds is 4. The molecular formula is C11H14O2S. The van der Waals surface area contributed by atoms with Crippen LogP contribution in [0.3, 0.4) is 0 Å². The number of benzene rings is 1. The lowest BCUT2D eigenvalue weighted by Gasteiger charge is -2.07. The van der Waals surface area contributed by atoms with E-state index >= 15 is 0 Å². The number of thioether (sulfide) groups is 1. The van der Waals surface area contributed by atoms with E-state index in [0.717, 1.165) is 17.4 Å². The Morgan fingerprint density at radius 2 is 2.29 bits per heavy atom. The molecule has 0 saturated heterocycles. The molecule has 0 aliphatic heterocycles. The minimum atomic E-state index is 0.248. The van der Waals surface area contributed by atoms with Gasteiger partial charge in [0.1, 0.15) is 0 Å². The molecular weight excluding hydrogens is 196 g/mol. The van der Waals surface area contributed by atoms with Crippen LogP contribution in [0, 0.1) is 5.92 Å². The lowest BCUT2D eigenvalue weighted by Crippen LogP contribution is -1.98. The molecule has 0 unspecified atom stereocenters. The van der Waals surface area contributed by atoms with Crippen molar-refractivity contribution >= 4 is 11.8 Å². The summed E-state index contributed by atoms with van der Waals surface area (Å²) in [7, 11) is 0. The minimum Gasteiger partial charge on any atom is -0.504 e. The van der Waals surface area contributed by atoms with Crippen LogP contribution < -0.4 is 4.74 Å². The molecule has 0 radical (unpaired) electrons. The molecule has 1 aliphatic carbocycles. The lowest BCUT2D eigenvalue weighted by molar-refractivity contribution is 0.284. The third kappa shape index (κ3) is 2.35. The number of hydrogen-bond acceptors (Lipinski definition) is 3. The molecule has 14 heavy (non-hydrogen) atoms. The zero-order valence-electron chi connectivity index (χ0n) is 8.19. The fourth-order valence-electron chi connectivity index (χ4n) is 1.24. The van der Waals surface area contributed by atoms with Crippen LogP contribution >= 0.6 is 11.8 Å². The Labute approximate surface area is 88.3 Å². The number of aromatic hydroxyl groups is 1. The van der Waals surface area contributed by atoms with Crippen LogP contribution in [-0.2, 0) is 0 Å². The highest BCUT2D eigenvalue weighted by atomic mass is 32.2. The topological polar surface area (TPSA) is 29.5 Å². The van der Waals surface area contributed by atoms with Gasteiger partial charge in [-0.3, -0.25) is 0 Å².